The van der Waals surface area contributed by atoms with Gasteiger partial charge in [-0.15, -0.1) is 24.8 Å². The number of carbonyl (C=O) groups excluding carboxylic acids is 1. The van der Waals surface area contributed by atoms with Gasteiger partial charge in [0.25, 0.3) is 0 Å². The summed E-state index contributed by atoms with van der Waals surface area (Å²) in [5.74, 6) is 0.109. The second-order valence-corrected chi connectivity index (χ2v) is 4.79. The number of piperazine rings is 1. The molecule has 20 heavy (non-hydrogen) atoms. The van der Waals surface area contributed by atoms with E-state index in [1.54, 1.807) is 0 Å². The number of hydrogen-bond donors (Lipinski definition) is 2. The number of hydrogen-bond acceptors (Lipinski definition) is 3. The van der Waals surface area contributed by atoms with E-state index in [4.69, 9.17) is 0 Å². The van der Waals surface area contributed by atoms with E-state index in [0.717, 1.165) is 31.7 Å². The van der Waals surface area contributed by atoms with Gasteiger partial charge in [0, 0.05) is 32.7 Å². The maximum Gasteiger partial charge on any atom is 0.234 e. The Hall–Kier alpha value is -0.810. The molecule has 1 saturated heterocycles. The fourth-order valence-electron chi connectivity index (χ4n) is 2.03. The first kappa shape index (κ1) is 19.2. The summed E-state index contributed by atoms with van der Waals surface area (Å²) in [5.41, 5.74) is 2.39. The van der Waals surface area contributed by atoms with Crippen LogP contribution in [-0.2, 0) is 11.3 Å². The topological polar surface area (TPSA) is 44.4 Å². The average Bonchev–Trinajstić information content (AvgIpc) is 2.39. The lowest BCUT2D eigenvalue weighted by atomic mass is 10.1. The van der Waals surface area contributed by atoms with Crippen molar-refractivity contribution in [2.75, 3.05) is 32.7 Å². The molecule has 0 atom stereocenters. The Morgan fingerprint density at radius 1 is 1.20 bits per heavy atom. The van der Waals surface area contributed by atoms with Gasteiger partial charge in [0.2, 0.25) is 5.91 Å². The van der Waals surface area contributed by atoms with Crippen LogP contribution in [0.2, 0.25) is 0 Å². The van der Waals surface area contributed by atoms with Crippen LogP contribution in [0.3, 0.4) is 0 Å². The van der Waals surface area contributed by atoms with Gasteiger partial charge in [-0.25, -0.2) is 0 Å². The van der Waals surface area contributed by atoms with Crippen molar-refractivity contribution in [3.8, 4) is 0 Å². The maximum absolute atomic E-state index is 11.8. The molecule has 0 unspecified atom stereocenters. The third-order valence-corrected chi connectivity index (χ3v) is 3.19. The number of benzene rings is 1. The fourth-order valence-corrected chi connectivity index (χ4v) is 2.03. The molecule has 0 bridgehead atoms. The van der Waals surface area contributed by atoms with Gasteiger partial charge in [-0.3, -0.25) is 9.69 Å². The predicted molar refractivity (Wildman–Crippen MR) is 86.8 cm³/mol. The van der Waals surface area contributed by atoms with Crippen molar-refractivity contribution in [2.45, 2.75) is 13.5 Å². The quantitative estimate of drug-likeness (QED) is 0.880. The van der Waals surface area contributed by atoms with E-state index in [2.05, 4.69) is 46.7 Å². The van der Waals surface area contributed by atoms with Crippen molar-refractivity contribution >= 4 is 30.7 Å². The number of nitrogens with zero attached hydrogens (tertiary/aromatic N) is 1. The maximum atomic E-state index is 11.8. The van der Waals surface area contributed by atoms with Crippen LogP contribution >= 0.6 is 24.8 Å². The lowest BCUT2D eigenvalue weighted by molar-refractivity contribution is -0.122. The Morgan fingerprint density at radius 3 is 2.40 bits per heavy atom. The standard InChI is InChI=1S/C14H21N3O.2ClH/c1-12-2-4-13(5-3-12)10-16-14(18)11-17-8-6-15-7-9-17;;/h2-5,15H,6-11H2,1H3,(H,16,18);2*1H. The van der Waals surface area contributed by atoms with E-state index in [1.165, 1.54) is 5.56 Å². The van der Waals surface area contributed by atoms with Crippen LogP contribution in [0, 0.1) is 6.92 Å². The lowest BCUT2D eigenvalue weighted by Gasteiger charge is -2.26. The third-order valence-electron chi connectivity index (χ3n) is 3.19. The minimum absolute atomic E-state index is 0. The van der Waals surface area contributed by atoms with Gasteiger partial charge in [-0.05, 0) is 12.5 Å². The van der Waals surface area contributed by atoms with Crippen LogP contribution in [0.4, 0.5) is 0 Å². The van der Waals surface area contributed by atoms with Gasteiger partial charge in [0.15, 0.2) is 0 Å². The highest BCUT2D eigenvalue weighted by atomic mass is 35.5. The molecule has 2 N–H and O–H groups in total. The Kier molecular flexibility index (Phi) is 9.59. The summed E-state index contributed by atoms with van der Waals surface area (Å²) in [6.45, 7) is 7.05. The van der Waals surface area contributed by atoms with Gasteiger partial charge < -0.3 is 10.6 Å². The molecule has 1 amide bonds. The Morgan fingerprint density at radius 2 is 1.80 bits per heavy atom. The molecule has 1 fully saturated rings. The molecule has 1 aromatic rings. The smallest absolute Gasteiger partial charge is 0.234 e. The van der Waals surface area contributed by atoms with Crippen LogP contribution in [0.25, 0.3) is 0 Å². The van der Waals surface area contributed by atoms with Crippen LogP contribution in [-0.4, -0.2) is 43.5 Å². The van der Waals surface area contributed by atoms with Crippen molar-refractivity contribution in [2.24, 2.45) is 0 Å². The van der Waals surface area contributed by atoms with Crippen LogP contribution in [0.15, 0.2) is 24.3 Å². The number of rotatable bonds is 4. The second kappa shape index (κ2) is 10.00. The average molecular weight is 320 g/mol. The molecule has 1 aromatic carbocycles. The summed E-state index contributed by atoms with van der Waals surface area (Å²) in [4.78, 5) is 14.0. The highest BCUT2D eigenvalue weighted by Gasteiger charge is 2.12. The fraction of sp³-hybridized carbons (Fsp3) is 0.500. The summed E-state index contributed by atoms with van der Waals surface area (Å²) in [7, 11) is 0. The zero-order valence-corrected chi connectivity index (χ0v) is 13.4. The minimum atomic E-state index is 0. The summed E-state index contributed by atoms with van der Waals surface area (Å²) in [6, 6.07) is 8.25. The van der Waals surface area contributed by atoms with Crippen molar-refractivity contribution in [3.05, 3.63) is 35.4 Å². The van der Waals surface area contributed by atoms with Crippen molar-refractivity contribution in [1.82, 2.24) is 15.5 Å². The number of carbonyl (C=O) groups is 1. The zero-order chi connectivity index (χ0) is 12.8. The molecule has 6 heteroatoms. The molecule has 4 nitrogen and oxygen atoms in total. The summed E-state index contributed by atoms with van der Waals surface area (Å²) < 4.78 is 0. The number of nitrogens with one attached hydrogen (secondary N) is 2. The molecule has 0 saturated carbocycles. The van der Waals surface area contributed by atoms with Crippen molar-refractivity contribution in [1.29, 1.82) is 0 Å². The highest BCUT2D eigenvalue weighted by Crippen LogP contribution is 2.02. The molecule has 114 valence electrons. The largest absolute Gasteiger partial charge is 0.351 e. The zero-order valence-electron chi connectivity index (χ0n) is 11.7. The first-order valence-corrected chi connectivity index (χ1v) is 6.49. The first-order chi connectivity index (χ1) is 8.74. The monoisotopic (exact) mass is 319 g/mol. The van der Waals surface area contributed by atoms with Gasteiger partial charge in [0.1, 0.15) is 0 Å². The summed E-state index contributed by atoms with van der Waals surface area (Å²) in [6.07, 6.45) is 0. The predicted octanol–water partition coefficient (Wildman–Crippen LogP) is 1.36. The van der Waals surface area contributed by atoms with E-state index < -0.39 is 0 Å². The van der Waals surface area contributed by atoms with E-state index in [9.17, 15) is 4.79 Å². The number of halogens is 2. The van der Waals surface area contributed by atoms with E-state index in [-0.39, 0.29) is 30.7 Å². The van der Waals surface area contributed by atoms with Crippen molar-refractivity contribution < 1.29 is 4.79 Å². The lowest BCUT2D eigenvalue weighted by Crippen LogP contribution is -2.47. The van der Waals surface area contributed by atoms with Crippen LogP contribution in [0.5, 0.6) is 0 Å². The third kappa shape index (κ3) is 6.57. The number of aryl methyl sites for hydroxylation is 1. The Balaban J connectivity index is 0.00000180. The second-order valence-electron chi connectivity index (χ2n) is 4.79. The van der Waals surface area contributed by atoms with Crippen LogP contribution < -0.4 is 10.6 Å². The van der Waals surface area contributed by atoms with Gasteiger partial charge in [0.05, 0.1) is 6.54 Å². The Bertz CT molecular complexity index is 392. The van der Waals surface area contributed by atoms with Crippen LogP contribution in [0.1, 0.15) is 11.1 Å². The van der Waals surface area contributed by atoms with Gasteiger partial charge >= 0.3 is 0 Å². The van der Waals surface area contributed by atoms with E-state index in [0.29, 0.717) is 13.1 Å². The molecule has 1 aliphatic rings. The van der Waals surface area contributed by atoms with E-state index in [1.807, 2.05) is 0 Å². The molecule has 1 heterocycles. The highest BCUT2D eigenvalue weighted by molar-refractivity contribution is 5.85. The molecular weight excluding hydrogens is 297 g/mol. The Labute approximate surface area is 133 Å². The molecule has 0 aliphatic carbocycles. The molecule has 0 aromatic heterocycles. The molecular formula is C14H23Cl2N3O. The number of amides is 1. The molecule has 0 spiro atoms. The summed E-state index contributed by atoms with van der Waals surface area (Å²) in [5, 5.41) is 6.24. The molecule has 2 rings (SSSR count). The van der Waals surface area contributed by atoms with Crippen molar-refractivity contribution in [3.63, 3.8) is 0 Å². The minimum Gasteiger partial charge on any atom is -0.351 e. The van der Waals surface area contributed by atoms with E-state index >= 15 is 0 Å². The summed E-state index contributed by atoms with van der Waals surface area (Å²) >= 11 is 0. The molecule has 0 radical (unpaired) electrons. The van der Waals surface area contributed by atoms with Gasteiger partial charge in [-0.1, -0.05) is 29.8 Å². The normalized spacial score (nSPS) is 14.8. The SMILES string of the molecule is Cc1ccc(CNC(=O)CN2CCNCC2)cc1.Cl.Cl. The first-order valence-electron chi connectivity index (χ1n) is 6.49. The molecule has 1 aliphatic heterocycles. The van der Waals surface area contributed by atoms with Gasteiger partial charge in [-0.2, -0.15) is 0 Å².